The van der Waals surface area contributed by atoms with E-state index in [2.05, 4.69) is 9.88 Å². The van der Waals surface area contributed by atoms with Gasteiger partial charge in [0, 0.05) is 56.9 Å². The second kappa shape index (κ2) is 8.17. The Labute approximate surface area is 142 Å². The highest BCUT2D eigenvalue weighted by Crippen LogP contribution is 2.19. The Morgan fingerprint density at radius 3 is 2.83 bits per heavy atom. The first kappa shape index (κ1) is 16.8. The molecule has 1 aromatic heterocycles. The van der Waals surface area contributed by atoms with Crippen LogP contribution in [0.25, 0.3) is 10.9 Å². The van der Waals surface area contributed by atoms with E-state index in [-0.39, 0.29) is 12.5 Å². The summed E-state index contributed by atoms with van der Waals surface area (Å²) in [6, 6.07) is 7.99. The van der Waals surface area contributed by atoms with Gasteiger partial charge in [-0.15, -0.1) is 0 Å². The molecule has 0 atom stereocenters. The fourth-order valence-electron chi connectivity index (χ4n) is 3.05. The molecule has 2 N–H and O–H groups in total. The molecule has 0 saturated carbocycles. The third-order valence-corrected chi connectivity index (χ3v) is 4.47. The minimum absolute atomic E-state index is 0.180. The number of hydrogen-bond acceptors (Lipinski definition) is 4. The van der Waals surface area contributed by atoms with Crippen molar-refractivity contribution in [1.29, 1.82) is 0 Å². The molecular weight excluding hydrogens is 306 g/mol. The van der Waals surface area contributed by atoms with Gasteiger partial charge in [0.05, 0.1) is 13.2 Å². The van der Waals surface area contributed by atoms with E-state index >= 15 is 0 Å². The summed E-state index contributed by atoms with van der Waals surface area (Å²) in [5, 5.41) is 10.1. The van der Waals surface area contributed by atoms with Crippen LogP contribution >= 0.6 is 0 Å². The zero-order valence-electron chi connectivity index (χ0n) is 13.9. The van der Waals surface area contributed by atoms with Gasteiger partial charge in [-0.25, -0.2) is 0 Å². The number of hydrogen-bond donors (Lipinski definition) is 2. The molecule has 1 aliphatic rings. The second-order valence-corrected chi connectivity index (χ2v) is 6.12. The number of carbonyl (C=O) groups excluding carboxylic acids is 1. The van der Waals surface area contributed by atoms with Crippen molar-refractivity contribution in [3.8, 4) is 5.75 Å². The molecule has 1 amide bonds. The third-order valence-electron chi connectivity index (χ3n) is 4.47. The summed E-state index contributed by atoms with van der Waals surface area (Å²) in [5.41, 5.74) is 1.06. The SMILES string of the molecule is O=C(CCCOc1ccc2cc[nH]c2c1)N1CCN(CCO)CC1. The highest BCUT2D eigenvalue weighted by Gasteiger charge is 2.20. The summed E-state index contributed by atoms with van der Waals surface area (Å²) < 4.78 is 5.74. The van der Waals surface area contributed by atoms with Gasteiger partial charge in [-0.05, 0) is 30.0 Å². The van der Waals surface area contributed by atoms with Crippen LogP contribution in [0.4, 0.5) is 0 Å². The van der Waals surface area contributed by atoms with Gasteiger partial charge in [-0.2, -0.15) is 0 Å². The average Bonchev–Trinajstić information content (AvgIpc) is 3.07. The van der Waals surface area contributed by atoms with E-state index in [1.165, 1.54) is 0 Å². The number of H-pyrrole nitrogens is 1. The lowest BCUT2D eigenvalue weighted by Gasteiger charge is -2.34. The number of nitrogens with zero attached hydrogens (tertiary/aromatic N) is 2. The van der Waals surface area contributed by atoms with Gasteiger partial charge in [0.2, 0.25) is 5.91 Å². The van der Waals surface area contributed by atoms with E-state index < -0.39 is 0 Å². The van der Waals surface area contributed by atoms with Crippen LogP contribution in [0.15, 0.2) is 30.5 Å². The highest BCUT2D eigenvalue weighted by atomic mass is 16.5. The Morgan fingerprint density at radius 1 is 1.21 bits per heavy atom. The molecule has 1 aliphatic heterocycles. The van der Waals surface area contributed by atoms with Crippen molar-refractivity contribution < 1.29 is 14.6 Å². The van der Waals surface area contributed by atoms with E-state index in [9.17, 15) is 4.79 Å². The minimum Gasteiger partial charge on any atom is -0.494 e. The van der Waals surface area contributed by atoms with Crippen LogP contribution in [0.2, 0.25) is 0 Å². The maximum atomic E-state index is 12.2. The fourth-order valence-corrected chi connectivity index (χ4v) is 3.05. The highest BCUT2D eigenvalue weighted by molar-refractivity contribution is 5.80. The molecule has 6 heteroatoms. The molecule has 3 rings (SSSR count). The Hall–Kier alpha value is -2.05. The number of aliphatic hydroxyl groups is 1. The molecule has 130 valence electrons. The van der Waals surface area contributed by atoms with E-state index in [0.717, 1.165) is 49.3 Å². The van der Waals surface area contributed by atoms with Gasteiger partial charge in [-0.3, -0.25) is 9.69 Å². The zero-order valence-corrected chi connectivity index (χ0v) is 13.9. The van der Waals surface area contributed by atoms with Crippen LogP contribution in [-0.2, 0) is 4.79 Å². The summed E-state index contributed by atoms with van der Waals surface area (Å²) in [4.78, 5) is 19.5. The predicted molar refractivity (Wildman–Crippen MR) is 93.1 cm³/mol. The van der Waals surface area contributed by atoms with Gasteiger partial charge in [0.25, 0.3) is 0 Å². The number of carbonyl (C=O) groups is 1. The summed E-state index contributed by atoms with van der Waals surface area (Å²) in [7, 11) is 0. The van der Waals surface area contributed by atoms with Crippen LogP contribution in [0.1, 0.15) is 12.8 Å². The van der Waals surface area contributed by atoms with Crippen molar-refractivity contribution in [1.82, 2.24) is 14.8 Å². The topological polar surface area (TPSA) is 68.8 Å². The quantitative estimate of drug-likeness (QED) is 0.754. The van der Waals surface area contributed by atoms with Crippen LogP contribution in [0.3, 0.4) is 0 Å². The molecule has 0 spiro atoms. The van der Waals surface area contributed by atoms with Crippen LogP contribution in [-0.4, -0.2) is 71.7 Å². The normalized spacial score (nSPS) is 15.8. The molecule has 24 heavy (non-hydrogen) atoms. The van der Waals surface area contributed by atoms with E-state index in [1.54, 1.807) is 0 Å². The van der Waals surface area contributed by atoms with Gasteiger partial charge in [0.1, 0.15) is 5.75 Å². The van der Waals surface area contributed by atoms with Gasteiger partial charge >= 0.3 is 0 Å². The Kier molecular flexibility index (Phi) is 5.72. The molecule has 2 aromatic rings. The summed E-state index contributed by atoms with van der Waals surface area (Å²) in [5.74, 6) is 1.03. The van der Waals surface area contributed by atoms with Crippen molar-refractivity contribution in [3.05, 3.63) is 30.5 Å². The van der Waals surface area contributed by atoms with Crippen molar-refractivity contribution in [2.24, 2.45) is 0 Å². The molecule has 0 bridgehead atoms. The number of fused-ring (bicyclic) bond motifs is 1. The predicted octanol–water partition coefficient (Wildman–Crippen LogP) is 1.46. The monoisotopic (exact) mass is 331 g/mol. The van der Waals surface area contributed by atoms with Crippen molar-refractivity contribution in [2.75, 3.05) is 45.9 Å². The number of piperazine rings is 1. The number of aliphatic hydroxyl groups excluding tert-OH is 1. The number of amides is 1. The number of aromatic nitrogens is 1. The molecule has 2 heterocycles. The Balaban J connectivity index is 1.36. The first-order valence-electron chi connectivity index (χ1n) is 8.57. The molecule has 1 aromatic carbocycles. The van der Waals surface area contributed by atoms with Crippen molar-refractivity contribution in [2.45, 2.75) is 12.8 Å². The maximum absolute atomic E-state index is 12.2. The largest absolute Gasteiger partial charge is 0.494 e. The number of aromatic amines is 1. The lowest BCUT2D eigenvalue weighted by atomic mass is 10.2. The van der Waals surface area contributed by atoms with Crippen LogP contribution in [0, 0.1) is 0 Å². The molecular formula is C18H25N3O3. The number of ether oxygens (including phenoxy) is 1. The maximum Gasteiger partial charge on any atom is 0.222 e. The third kappa shape index (κ3) is 4.27. The summed E-state index contributed by atoms with van der Waals surface area (Å²) >= 11 is 0. The smallest absolute Gasteiger partial charge is 0.222 e. The van der Waals surface area contributed by atoms with E-state index in [1.807, 2.05) is 35.4 Å². The molecule has 1 saturated heterocycles. The van der Waals surface area contributed by atoms with Gasteiger partial charge < -0.3 is 19.7 Å². The first-order valence-corrected chi connectivity index (χ1v) is 8.57. The molecule has 1 fully saturated rings. The van der Waals surface area contributed by atoms with Gasteiger partial charge in [0.15, 0.2) is 0 Å². The Morgan fingerprint density at radius 2 is 2.04 bits per heavy atom. The molecule has 0 radical (unpaired) electrons. The van der Waals surface area contributed by atoms with Crippen molar-refractivity contribution >= 4 is 16.8 Å². The van der Waals surface area contributed by atoms with E-state index in [0.29, 0.717) is 19.6 Å². The summed E-state index contributed by atoms with van der Waals surface area (Å²) in [6.45, 7) is 4.62. The van der Waals surface area contributed by atoms with E-state index in [4.69, 9.17) is 9.84 Å². The lowest BCUT2D eigenvalue weighted by Crippen LogP contribution is -2.49. The van der Waals surface area contributed by atoms with Crippen LogP contribution < -0.4 is 4.74 Å². The standard InChI is InChI=1S/C18H25N3O3/c22-12-11-20-7-9-21(10-8-20)18(23)2-1-13-24-16-4-3-15-5-6-19-17(15)14-16/h3-6,14,19,22H,1-2,7-13H2. The number of nitrogens with one attached hydrogen (secondary N) is 1. The van der Waals surface area contributed by atoms with Gasteiger partial charge in [-0.1, -0.05) is 0 Å². The average molecular weight is 331 g/mol. The lowest BCUT2D eigenvalue weighted by molar-refractivity contribution is -0.133. The molecule has 0 aliphatic carbocycles. The Bertz CT molecular complexity index is 662. The molecule has 0 unspecified atom stereocenters. The minimum atomic E-state index is 0.180. The van der Waals surface area contributed by atoms with Crippen LogP contribution in [0.5, 0.6) is 5.75 Å². The number of rotatable bonds is 7. The number of benzene rings is 1. The number of β-amino-alcohol motifs (C(OH)–C–C–N with tert-alkyl or cyclic N) is 1. The second-order valence-electron chi connectivity index (χ2n) is 6.12. The fraction of sp³-hybridized carbons (Fsp3) is 0.500. The first-order chi connectivity index (χ1) is 11.8. The zero-order chi connectivity index (χ0) is 16.8. The van der Waals surface area contributed by atoms with Crippen molar-refractivity contribution in [3.63, 3.8) is 0 Å². The molecule has 6 nitrogen and oxygen atoms in total. The summed E-state index contributed by atoms with van der Waals surface area (Å²) in [6.07, 6.45) is 3.15.